The van der Waals surface area contributed by atoms with Crippen molar-refractivity contribution in [2.24, 2.45) is 0 Å². The lowest BCUT2D eigenvalue weighted by Crippen LogP contribution is -2.29. The van der Waals surface area contributed by atoms with Crippen molar-refractivity contribution in [1.82, 2.24) is 14.3 Å². The molecule has 1 atom stereocenters. The van der Waals surface area contributed by atoms with Crippen molar-refractivity contribution in [2.45, 2.75) is 38.5 Å². The monoisotopic (exact) mass is 491 g/mol. The number of carbonyl (C=O) groups is 1. The number of sulfonamides is 1. The number of amides is 1. The Labute approximate surface area is 205 Å². The third-order valence-electron chi connectivity index (χ3n) is 5.74. The molecule has 1 amide bonds. The van der Waals surface area contributed by atoms with Crippen molar-refractivity contribution in [3.63, 3.8) is 0 Å². The first-order valence-electron chi connectivity index (χ1n) is 11.5. The third kappa shape index (κ3) is 7.24. The molecule has 0 unspecified atom stereocenters. The Bertz CT molecular complexity index is 1380. The van der Waals surface area contributed by atoms with E-state index in [2.05, 4.69) is 47.4 Å². The quantitative estimate of drug-likeness (QED) is 0.337. The Balaban J connectivity index is 1.42. The van der Waals surface area contributed by atoms with Crippen LogP contribution in [-0.2, 0) is 34.3 Å². The third-order valence-corrected chi connectivity index (χ3v) is 6.30. The SMILES string of the molecule is CS(=O)(=O)NC(=O)c1cn(C[C@H](CCCc2cccc3ccccc23)OCc2ccccc2)cn1. The van der Waals surface area contributed by atoms with Crippen molar-refractivity contribution in [1.29, 1.82) is 0 Å². The van der Waals surface area contributed by atoms with Crippen molar-refractivity contribution in [3.05, 3.63) is 102 Å². The minimum atomic E-state index is -3.65. The van der Waals surface area contributed by atoms with Gasteiger partial charge >= 0.3 is 0 Å². The van der Waals surface area contributed by atoms with E-state index in [1.54, 1.807) is 10.8 Å². The Morgan fingerprint density at radius 3 is 2.57 bits per heavy atom. The molecule has 1 N–H and O–H groups in total. The van der Waals surface area contributed by atoms with Crippen molar-refractivity contribution in [2.75, 3.05) is 6.26 Å². The van der Waals surface area contributed by atoms with Gasteiger partial charge in [-0.2, -0.15) is 0 Å². The molecule has 0 bridgehead atoms. The average molecular weight is 492 g/mol. The van der Waals surface area contributed by atoms with Crippen LogP contribution in [0, 0.1) is 0 Å². The van der Waals surface area contributed by atoms with E-state index >= 15 is 0 Å². The molecule has 4 rings (SSSR count). The molecule has 0 spiro atoms. The summed E-state index contributed by atoms with van der Waals surface area (Å²) in [7, 11) is -3.65. The van der Waals surface area contributed by atoms with E-state index in [-0.39, 0.29) is 11.8 Å². The van der Waals surface area contributed by atoms with Crippen LogP contribution in [0.25, 0.3) is 10.8 Å². The van der Waals surface area contributed by atoms with Gasteiger partial charge in [-0.25, -0.2) is 18.1 Å². The summed E-state index contributed by atoms with van der Waals surface area (Å²) in [6, 6.07) is 24.8. The maximum atomic E-state index is 12.1. The molecule has 0 aliphatic carbocycles. The molecule has 0 saturated heterocycles. The first kappa shape index (κ1) is 24.6. The number of aromatic nitrogens is 2. The molecule has 0 fully saturated rings. The molecule has 0 saturated carbocycles. The summed E-state index contributed by atoms with van der Waals surface area (Å²) < 4.78 is 32.7. The summed E-state index contributed by atoms with van der Waals surface area (Å²) >= 11 is 0. The lowest BCUT2D eigenvalue weighted by Gasteiger charge is -2.19. The predicted molar refractivity (Wildman–Crippen MR) is 136 cm³/mol. The number of aryl methyl sites for hydroxylation is 1. The van der Waals surface area contributed by atoms with Crippen LogP contribution >= 0.6 is 0 Å². The molecule has 0 aliphatic rings. The van der Waals surface area contributed by atoms with E-state index in [4.69, 9.17) is 4.74 Å². The van der Waals surface area contributed by atoms with Crippen LogP contribution in [0.1, 0.15) is 34.5 Å². The van der Waals surface area contributed by atoms with E-state index in [0.717, 1.165) is 31.1 Å². The van der Waals surface area contributed by atoms with Crippen LogP contribution in [0.3, 0.4) is 0 Å². The van der Waals surface area contributed by atoms with Crippen LogP contribution in [0.2, 0.25) is 0 Å². The number of nitrogens with one attached hydrogen (secondary N) is 1. The van der Waals surface area contributed by atoms with Gasteiger partial charge in [0.25, 0.3) is 5.91 Å². The normalized spacial score (nSPS) is 12.5. The minimum Gasteiger partial charge on any atom is -0.372 e. The molecular formula is C27H29N3O4S. The fourth-order valence-electron chi connectivity index (χ4n) is 4.08. The number of ether oxygens (including phenoxy) is 1. The Morgan fingerprint density at radius 2 is 1.77 bits per heavy atom. The van der Waals surface area contributed by atoms with Gasteiger partial charge in [0, 0.05) is 12.7 Å². The Kier molecular flexibility index (Phi) is 7.94. The summed E-state index contributed by atoms with van der Waals surface area (Å²) in [5, 5.41) is 2.51. The Morgan fingerprint density at radius 1 is 1.03 bits per heavy atom. The highest BCUT2D eigenvalue weighted by Gasteiger charge is 2.16. The molecule has 3 aromatic carbocycles. The number of fused-ring (bicyclic) bond motifs is 1. The number of hydrogen-bond donors (Lipinski definition) is 1. The van der Waals surface area contributed by atoms with Gasteiger partial charge in [-0.3, -0.25) is 4.79 Å². The van der Waals surface area contributed by atoms with Gasteiger partial charge in [0.1, 0.15) is 5.69 Å². The molecule has 1 heterocycles. The van der Waals surface area contributed by atoms with Gasteiger partial charge in [-0.05, 0) is 41.2 Å². The van der Waals surface area contributed by atoms with Crippen molar-refractivity contribution >= 4 is 26.7 Å². The second kappa shape index (κ2) is 11.3. The molecule has 1 aromatic heterocycles. The number of nitrogens with zero attached hydrogens (tertiary/aromatic N) is 2. The molecule has 0 radical (unpaired) electrons. The van der Waals surface area contributed by atoms with Gasteiger partial charge < -0.3 is 9.30 Å². The minimum absolute atomic E-state index is 0.0491. The van der Waals surface area contributed by atoms with Gasteiger partial charge in [0.2, 0.25) is 10.0 Å². The van der Waals surface area contributed by atoms with Crippen LogP contribution < -0.4 is 4.72 Å². The van der Waals surface area contributed by atoms with Gasteiger partial charge in [0.15, 0.2) is 0 Å². The largest absolute Gasteiger partial charge is 0.372 e. The molecule has 7 nitrogen and oxygen atoms in total. The number of carbonyl (C=O) groups excluding carboxylic acids is 1. The first-order valence-corrected chi connectivity index (χ1v) is 13.4. The van der Waals surface area contributed by atoms with Gasteiger partial charge in [-0.1, -0.05) is 72.8 Å². The maximum Gasteiger partial charge on any atom is 0.284 e. The molecule has 4 aromatic rings. The van der Waals surface area contributed by atoms with Gasteiger partial charge in [-0.15, -0.1) is 0 Å². The van der Waals surface area contributed by atoms with Crippen molar-refractivity contribution < 1.29 is 17.9 Å². The number of rotatable bonds is 11. The molecule has 182 valence electrons. The molecule has 35 heavy (non-hydrogen) atoms. The number of imidazole rings is 1. The second-order valence-electron chi connectivity index (χ2n) is 8.61. The van der Waals surface area contributed by atoms with E-state index < -0.39 is 15.9 Å². The summed E-state index contributed by atoms with van der Waals surface area (Å²) in [4.78, 5) is 16.2. The van der Waals surface area contributed by atoms with Crippen molar-refractivity contribution in [3.8, 4) is 0 Å². The Hall–Kier alpha value is -3.49. The van der Waals surface area contributed by atoms with Crippen LogP contribution in [0.4, 0.5) is 0 Å². The highest BCUT2D eigenvalue weighted by Crippen LogP contribution is 2.21. The zero-order valence-electron chi connectivity index (χ0n) is 19.6. The standard InChI is InChI=1S/C27H29N3O4S/c1-35(32,33)29-27(31)26-18-30(20-28-26)17-24(34-19-21-9-3-2-4-10-21)15-8-14-23-13-7-12-22-11-5-6-16-25(22)23/h2-7,9-13,16,18,20,24H,8,14-15,17,19H2,1H3,(H,29,31)/t24-/m0/s1. The average Bonchev–Trinajstić information content (AvgIpc) is 3.31. The maximum absolute atomic E-state index is 12.1. The highest BCUT2D eigenvalue weighted by atomic mass is 32.2. The first-order chi connectivity index (χ1) is 16.9. The predicted octanol–water partition coefficient (Wildman–Crippen LogP) is 4.33. The summed E-state index contributed by atoms with van der Waals surface area (Å²) in [6.45, 7) is 0.984. The highest BCUT2D eigenvalue weighted by molar-refractivity contribution is 7.89. The lowest BCUT2D eigenvalue weighted by atomic mass is 9.99. The second-order valence-corrected chi connectivity index (χ2v) is 10.4. The fourth-order valence-corrected chi connectivity index (χ4v) is 4.52. The van der Waals surface area contributed by atoms with Crippen LogP contribution in [0.5, 0.6) is 0 Å². The topological polar surface area (TPSA) is 90.3 Å². The number of benzene rings is 3. The number of hydrogen-bond acceptors (Lipinski definition) is 5. The van der Waals surface area contributed by atoms with E-state index in [9.17, 15) is 13.2 Å². The summed E-state index contributed by atoms with van der Waals surface area (Å²) in [5.74, 6) is -0.746. The van der Waals surface area contributed by atoms with E-state index in [1.165, 1.54) is 22.7 Å². The smallest absolute Gasteiger partial charge is 0.284 e. The zero-order chi connectivity index (χ0) is 24.7. The van der Waals surface area contributed by atoms with E-state index in [0.29, 0.717) is 13.2 Å². The van der Waals surface area contributed by atoms with Gasteiger partial charge in [0.05, 0.1) is 25.3 Å². The molecular weight excluding hydrogens is 462 g/mol. The zero-order valence-corrected chi connectivity index (χ0v) is 20.4. The van der Waals surface area contributed by atoms with Crippen LogP contribution in [0.15, 0.2) is 85.3 Å². The summed E-state index contributed by atoms with van der Waals surface area (Å²) in [5.41, 5.74) is 2.45. The fraction of sp³-hybridized carbons (Fsp3) is 0.259. The lowest BCUT2D eigenvalue weighted by molar-refractivity contribution is 0.0225. The summed E-state index contributed by atoms with van der Waals surface area (Å²) in [6.07, 6.45) is 6.59. The van der Waals surface area contributed by atoms with Crippen LogP contribution in [-0.4, -0.2) is 36.2 Å². The van der Waals surface area contributed by atoms with E-state index in [1.807, 2.05) is 35.1 Å². The molecule has 8 heteroatoms. The molecule has 0 aliphatic heterocycles.